The highest BCUT2D eigenvalue weighted by atomic mass is 32.2. The fourth-order valence-electron chi connectivity index (χ4n) is 2.07. The van der Waals surface area contributed by atoms with Crippen molar-refractivity contribution >= 4 is 10.0 Å². The maximum atomic E-state index is 13.8. The lowest BCUT2D eigenvalue weighted by Crippen LogP contribution is -2.47. The van der Waals surface area contributed by atoms with Gasteiger partial charge < -0.3 is 10.5 Å². The summed E-state index contributed by atoms with van der Waals surface area (Å²) >= 11 is 0. The van der Waals surface area contributed by atoms with Crippen LogP contribution in [-0.4, -0.2) is 38.5 Å². The van der Waals surface area contributed by atoms with Crippen molar-refractivity contribution in [2.45, 2.75) is 24.4 Å². The quantitative estimate of drug-likeness (QED) is 0.888. The van der Waals surface area contributed by atoms with Gasteiger partial charge in [0.15, 0.2) is 0 Å². The van der Waals surface area contributed by atoms with Crippen LogP contribution in [0.2, 0.25) is 0 Å². The highest BCUT2D eigenvalue weighted by Crippen LogP contribution is 2.23. The first-order valence-electron chi connectivity index (χ1n) is 6.05. The fraction of sp³-hybridized carbons (Fsp3) is 0.500. The van der Waals surface area contributed by atoms with E-state index in [2.05, 4.69) is 0 Å². The van der Waals surface area contributed by atoms with Crippen LogP contribution >= 0.6 is 0 Å². The number of rotatable bonds is 3. The molecule has 5 nitrogen and oxygen atoms in total. The zero-order chi connectivity index (χ0) is 14.0. The van der Waals surface area contributed by atoms with Crippen LogP contribution in [0, 0.1) is 5.82 Å². The van der Waals surface area contributed by atoms with Gasteiger partial charge in [-0.25, -0.2) is 12.8 Å². The molecule has 1 aromatic carbocycles. The predicted molar refractivity (Wildman–Crippen MR) is 68.5 cm³/mol. The van der Waals surface area contributed by atoms with E-state index >= 15 is 0 Å². The molecule has 2 rings (SSSR count). The number of nitrogens with zero attached hydrogens (tertiary/aromatic N) is 1. The smallest absolute Gasteiger partial charge is 0.246 e. The highest BCUT2D eigenvalue weighted by molar-refractivity contribution is 7.89. The Labute approximate surface area is 112 Å². The number of ether oxygens (including phenoxy) is 1. The summed E-state index contributed by atoms with van der Waals surface area (Å²) in [6.45, 7) is 2.78. The van der Waals surface area contributed by atoms with E-state index in [1.54, 1.807) is 6.92 Å². The molecule has 1 atom stereocenters. The van der Waals surface area contributed by atoms with Gasteiger partial charge in [0.2, 0.25) is 10.0 Å². The average molecular weight is 288 g/mol. The van der Waals surface area contributed by atoms with Crippen LogP contribution in [0.4, 0.5) is 4.39 Å². The predicted octanol–water partition coefficient (Wildman–Crippen LogP) is 0.694. The molecule has 1 unspecified atom stereocenters. The molecule has 106 valence electrons. The molecule has 1 aliphatic heterocycles. The minimum Gasteiger partial charge on any atom is -0.378 e. The Morgan fingerprint density at radius 3 is 2.89 bits per heavy atom. The Balaban J connectivity index is 2.43. The van der Waals surface area contributed by atoms with Crippen molar-refractivity contribution in [3.63, 3.8) is 0 Å². The Bertz CT molecular complexity index is 562. The second kappa shape index (κ2) is 5.54. The van der Waals surface area contributed by atoms with E-state index in [-0.39, 0.29) is 24.0 Å². The molecular weight excluding hydrogens is 271 g/mol. The zero-order valence-corrected chi connectivity index (χ0v) is 11.5. The fourth-order valence-corrected chi connectivity index (χ4v) is 3.78. The molecular formula is C12H17FN2O3S. The van der Waals surface area contributed by atoms with Crippen LogP contribution in [0.25, 0.3) is 0 Å². The van der Waals surface area contributed by atoms with Crippen molar-refractivity contribution in [2.75, 3.05) is 19.8 Å². The van der Waals surface area contributed by atoms with E-state index in [0.717, 1.165) is 6.07 Å². The first-order valence-corrected chi connectivity index (χ1v) is 7.49. The lowest BCUT2D eigenvalue weighted by molar-refractivity contribution is 0.0392. The maximum Gasteiger partial charge on any atom is 0.246 e. The number of nitrogens with two attached hydrogens (primary N) is 1. The van der Waals surface area contributed by atoms with Gasteiger partial charge in [0.05, 0.1) is 13.2 Å². The zero-order valence-electron chi connectivity index (χ0n) is 10.7. The number of hydrogen-bond acceptors (Lipinski definition) is 4. The second-order valence-corrected chi connectivity index (χ2v) is 6.37. The van der Waals surface area contributed by atoms with E-state index in [1.807, 2.05) is 0 Å². The third kappa shape index (κ3) is 2.79. The molecule has 1 heterocycles. The molecule has 0 radical (unpaired) electrons. The van der Waals surface area contributed by atoms with E-state index < -0.39 is 15.8 Å². The molecule has 0 aromatic heterocycles. The van der Waals surface area contributed by atoms with Gasteiger partial charge in [-0.05, 0) is 24.6 Å². The van der Waals surface area contributed by atoms with Gasteiger partial charge in [-0.3, -0.25) is 0 Å². The van der Waals surface area contributed by atoms with E-state index in [1.165, 1.54) is 16.4 Å². The van der Waals surface area contributed by atoms with E-state index in [0.29, 0.717) is 18.8 Å². The molecule has 2 N–H and O–H groups in total. The third-order valence-corrected chi connectivity index (χ3v) is 5.15. The number of morpholine rings is 1. The summed E-state index contributed by atoms with van der Waals surface area (Å²) in [5, 5.41) is 0. The average Bonchev–Trinajstić information content (AvgIpc) is 2.39. The van der Waals surface area contributed by atoms with Gasteiger partial charge in [-0.2, -0.15) is 4.31 Å². The van der Waals surface area contributed by atoms with Crippen molar-refractivity contribution in [3.05, 3.63) is 29.6 Å². The molecule has 19 heavy (non-hydrogen) atoms. The maximum absolute atomic E-state index is 13.8. The second-order valence-electron chi connectivity index (χ2n) is 4.51. The van der Waals surface area contributed by atoms with Crippen molar-refractivity contribution in [1.82, 2.24) is 4.31 Å². The van der Waals surface area contributed by atoms with Crippen LogP contribution in [0.5, 0.6) is 0 Å². The summed E-state index contributed by atoms with van der Waals surface area (Å²) in [6, 6.07) is 3.61. The summed E-state index contributed by atoms with van der Waals surface area (Å²) in [4.78, 5) is -0.316. The van der Waals surface area contributed by atoms with Crippen LogP contribution in [0.3, 0.4) is 0 Å². The van der Waals surface area contributed by atoms with Gasteiger partial charge in [0.25, 0.3) is 0 Å². The third-order valence-electron chi connectivity index (χ3n) is 3.12. The standard InChI is InChI=1S/C12H17FN2O3S/c1-9-8-18-5-4-15(9)19(16,17)12-6-10(7-14)2-3-11(12)13/h2-3,6,9H,4-5,7-8,14H2,1H3. The van der Waals surface area contributed by atoms with E-state index in [4.69, 9.17) is 10.5 Å². The van der Waals surface area contributed by atoms with Crippen molar-refractivity contribution < 1.29 is 17.5 Å². The summed E-state index contributed by atoms with van der Waals surface area (Å²) in [5.74, 6) is -0.754. The van der Waals surface area contributed by atoms with Crippen molar-refractivity contribution in [1.29, 1.82) is 0 Å². The van der Waals surface area contributed by atoms with Crippen LogP contribution in [0.15, 0.2) is 23.1 Å². The summed E-state index contributed by atoms with van der Waals surface area (Å²) in [7, 11) is -3.85. The Kier molecular flexibility index (Phi) is 4.19. The van der Waals surface area contributed by atoms with Crippen LogP contribution in [-0.2, 0) is 21.3 Å². The summed E-state index contributed by atoms with van der Waals surface area (Å²) < 4.78 is 45.2. The first kappa shape index (κ1) is 14.4. The van der Waals surface area contributed by atoms with E-state index in [9.17, 15) is 12.8 Å². The van der Waals surface area contributed by atoms with Gasteiger partial charge in [0.1, 0.15) is 10.7 Å². The minimum absolute atomic E-state index is 0.168. The molecule has 0 bridgehead atoms. The van der Waals surface area contributed by atoms with Gasteiger partial charge in [-0.15, -0.1) is 0 Å². The molecule has 0 saturated carbocycles. The van der Waals surface area contributed by atoms with Gasteiger partial charge in [-0.1, -0.05) is 6.07 Å². The SMILES string of the molecule is CC1COCCN1S(=O)(=O)c1cc(CN)ccc1F. The summed E-state index contributed by atoms with van der Waals surface area (Å²) in [6.07, 6.45) is 0. The Morgan fingerprint density at radius 2 is 2.26 bits per heavy atom. The van der Waals surface area contributed by atoms with Gasteiger partial charge in [0, 0.05) is 19.1 Å². The molecule has 0 spiro atoms. The van der Waals surface area contributed by atoms with Gasteiger partial charge >= 0.3 is 0 Å². The molecule has 1 aliphatic rings. The van der Waals surface area contributed by atoms with Crippen molar-refractivity contribution in [2.24, 2.45) is 5.73 Å². The number of sulfonamides is 1. The molecule has 0 amide bonds. The highest BCUT2D eigenvalue weighted by Gasteiger charge is 2.33. The monoisotopic (exact) mass is 288 g/mol. The lowest BCUT2D eigenvalue weighted by atomic mass is 10.2. The normalized spacial score (nSPS) is 21.5. The molecule has 0 aliphatic carbocycles. The first-order chi connectivity index (χ1) is 8.96. The summed E-state index contributed by atoms with van der Waals surface area (Å²) in [5.41, 5.74) is 6.05. The van der Waals surface area contributed by atoms with Crippen LogP contribution in [0.1, 0.15) is 12.5 Å². The lowest BCUT2D eigenvalue weighted by Gasteiger charge is -2.32. The van der Waals surface area contributed by atoms with Crippen molar-refractivity contribution in [3.8, 4) is 0 Å². The Morgan fingerprint density at radius 1 is 1.53 bits per heavy atom. The minimum atomic E-state index is -3.85. The number of hydrogen-bond donors (Lipinski definition) is 1. The molecule has 7 heteroatoms. The van der Waals surface area contributed by atoms with Crippen LogP contribution < -0.4 is 5.73 Å². The molecule has 1 aromatic rings. The Hall–Kier alpha value is -1.02. The molecule has 1 saturated heterocycles. The number of benzene rings is 1. The topological polar surface area (TPSA) is 72.6 Å². The molecule has 1 fully saturated rings. The number of halogens is 1. The largest absolute Gasteiger partial charge is 0.378 e.